The minimum absolute atomic E-state index is 0.00600. The first-order chi connectivity index (χ1) is 14.7. The Balaban J connectivity index is 1.74. The van der Waals surface area contributed by atoms with Crippen LogP contribution in [0.25, 0.3) is 0 Å². The maximum Gasteiger partial charge on any atom is 0.338 e. The van der Waals surface area contributed by atoms with Crippen molar-refractivity contribution in [2.45, 2.75) is 24.7 Å². The summed E-state index contributed by atoms with van der Waals surface area (Å²) >= 11 is 6.15. The first kappa shape index (κ1) is 23.2. The molecule has 31 heavy (non-hydrogen) atoms. The zero-order chi connectivity index (χ0) is 22.6. The highest BCUT2D eigenvalue weighted by Gasteiger charge is 2.31. The highest BCUT2D eigenvalue weighted by Crippen LogP contribution is 2.29. The fourth-order valence-corrected chi connectivity index (χ4v) is 5.52. The predicted molar refractivity (Wildman–Crippen MR) is 116 cm³/mol. The Hall–Kier alpha value is -2.42. The Bertz CT molecular complexity index is 1090. The summed E-state index contributed by atoms with van der Waals surface area (Å²) in [6.07, 6.45) is 1.74. The second-order valence-electron chi connectivity index (χ2n) is 7.49. The first-order valence-electron chi connectivity index (χ1n) is 9.86. The molecule has 9 heteroatoms. The molecule has 0 aromatic heterocycles. The van der Waals surface area contributed by atoms with E-state index in [9.17, 15) is 18.0 Å². The second-order valence-corrected chi connectivity index (χ2v) is 9.80. The van der Waals surface area contributed by atoms with E-state index in [1.54, 1.807) is 24.3 Å². The monoisotopic (exact) mass is 465 g/mol. The van der Waals surface area contributed by atoms with E-state index in [1.807, 2.05) is 6.92 Å². The van der Waals surface area contributed by atoms with Gasteiger partial charge in [-0.15, -0.1) is 0 Å². The smallest absolute Gasteiger partial charge is 0.338 e. The van der Waals surface area contributed by atoms with Gasteiger partial charge in [0, 0.05) is 18.7 Å². The van der Waals surface area contributed by atoms with Gasteiger partial charge in [0.2, 0.25) is 10.0 Å². The number of piperidine rings is 1. The topological polar surface area (TPSA) is 90.0 Å². The number of hydrogen-bond acceptors (Lipinski definition) is 6. The lowest BCUT2D eigenvalue weighted by Gasteiger charge is -2.30. The molecule has 0 aliphatic carbocycles. The number of halogens is 1. The van der Waals surface area contributed by atoms with Gasteiger partial charge < -0.3 is 9.47 Å². The maximum atomic E-state index is 13.1. The van der Waals surface area contributed by atoms with Crippen molar-refractivity contribution in [1.82, 2.24) is 4.31 Å². The summed E-state index contributed by atoms with van der Waals surface area (Å²) in [4.78, 5) is 24.6. The van der Waals surface area contributed by atoms with Crippen molar-refractivity contribution in [2.24, 2.45) is 5.92 Å². The molecular weight excluding hydrogens is 442 g/mol. The van der Waals surface area contributed by atoms with Crippen molar-refractivity contribution in [2.75, 3.05) is 26.8 Å². The number of benzene rings is 2. The molecule has 1 fully saturated rings. The van der Waals surface area contributed by atoms with Gasteiger partial charge >= 0.3 is 5.97 Å². The third-order valence-electron chi connectivity index (χ3n) is 5.13. The van der Waals surface area contributed by atoms with Gasteiger partial charge in [0.1, 0.15) is 10.6 Å². The summed E-state index contributed by atoms with van der Waals surface area (Å²) < 4.78 is 37.7. The second kappa shape index (κ2) is 9.80. The zero-order valence-corrected chi connectivity index (χ0v) is 18.9. The summed E-state index contributed by atoms with van der Waals surface area (Å²) in [5, 5.41) is 0.0298. The van der Waals surface area contributed by atoms with Crippen LogP contribution in [0.4, 0.5) is 0 Å². The summed E-state index contributed by atoms with van der Waals surface area (Å²) in [5.74, 6) is -0.456. The lowest BCUT2D eigenvalue weighted by Crippen LogP contribution is -2.39. The molecule has 0 radical (unpaired) electrons. The average molecular weight is 466 g/mol. The van der Waals surface area contributed by atoms with Crippen LogP contribution in [0.3, 0.4) is 0 Å². The molecule has 2 aromatic carbocycles. The van der Waals surface area contributed by atoms with Crippen LogP contribution in [0.1, 0.15) is 40.5 Å². The number of rotatable bonds is 7. The van der Waals surface area contributed by atoms with E-state index in [-0.39, 0.29) is 21.4 Å². The molecule has 0 saturated carbocycles. The van der Waals surface area contributed by atoms with Crippen LogP contribution in [0.5, 0.6) is 5.75 Å². The molecule has 0 spiro atoms. The van der Waals surface area contributed by atoms with Crippen LogP contribution in [-0.2, 0) is 14.8 Å². The molecular formula is C22H24ClNO6S. The molecule has 0 N–H and O–H groups in total. The molecule has 1 aliphatic rings. The summed E-state index contributed by atoms with van der Waals surface area (Å²) in [7, 11) is -2.36. The highest BCUT2D eigenvalue weighted by molar-refractivity contribution is 7.89. The number of carbonyl (C=O) groups is 2. The standard InChI is InChI=1S/C22H24ClNO6S/c1-15-5-4-10-24(13-15)31(27,28)21-12-17(8-9-19(21)23)22(26)30-14-20(25)16-6-3-7-18(11-16)29-2/h3,6-9,11-12,15H,4-5,10,13-14H2,1-2H3. The number of esters is 1. The van der Waals surface area contributed by atoms with Gasteiger partial charge in [-0.2, -0.15) is 4.31 Å². The third kappa shape index (κ3) is 5.44. The van der Waals surface area contributed by atoms with E-state index in [1.165, 1.54) is 29.6 Å². The Morgan fingerprint density at radius 1 is 1.16 bits per heavy atom. The zero-order valence-electron chi connectivity index (χ0n) is 17.3. The number of sulfonamides is 1. The van der Waals surface area contributed by atoms with E-state index in [2.05, 4.69) is 0 Å². The quantitative estimate of drug-likeness (QED) is 0.456. The number of ketones is 1. The summed E-state index contributed by atoms with van der Waals surface area (Å²) in [6, 6.07) is 10.4. The Morgan fingerprint density at radius 3 is 2.65 bits per heavy atom. The number of carbonyl (C=O) groups excluding carboxylic acids is 2. The molecule has 1 saturated heterocycles. The highest BCUT2D eigenvalue weighted by atomic mass is 35.5. The Labute approximate surface area is 187 Å². The number of hydrogen-bond donors (Lipinski definition) is 0. The molecule has 3 rings (SSSR count). The van der Waals surface area contributed by atoms with Crippen LogP contribution >= 0.6 is 11.6 Å². The Kier molecular flexibility index (Phi) is 7.35. The van der Waals surface area contributed by atoms with Gasteiger partial charge in [-0.25, -0.2) is 13.2 Å². The van der Waals surface area contributed by atoms with Crippen LogP contribution in [-0.4, -0.2) is 51.3 Å². The normalized spacial score (nSPS) is 17.2. The lowest BCUT2D eigenvalue weighted by molar-refractivity contribution is 0.0474. The van der Waals surface area contributed by atoms with Crippen molar-refractivity contribution in [3.8, 4) is 5.75 Å². The fourth-order valence-electron chi connectivity index (χ4n) is 3.43. The summed E-state index contributed by atoms with van der Waals surface area (Å²) in [6.45, 7) is 2.33. The molecule has 0 amide bonds. The number of ether oxygens (including phenoxy) is 2. The number of Topliss-reactive ketones (excluding diaryl/α,β-unsaturated/α-hetero) is 1. The minimum atomic E-state index is -3.85. The van der Waals surface area contributed by atoms with E-state index in [0.29, 0.717) is 24.4 Å². The van der Waals surface area contributed by atoms with Crippen molar-refractivity contribution in [3.05, 3.63) is 58.6 Å². The molecule has 166 valence electrons. The van der Waals surface area contributed by atoms with Gasteiger partial charge in [0.05, 0.1) is 17.7 Å². The van der Waals surface area contributed by atoms with E-state index < -0.39 is 28.4 Å². The predicted octanol–water partition coefficient (Wildman–Crippen LogP) is 3.81. The van der Waals surface area contributed by atoms with E-state index in [0.717, 1.165) is 12.8 Å². The third-order valence-corrected chi connectivity index (χ3v) is 7.48. The largest absolute Gasteiger partial charge is 0.497 e. The average Bonchev–Trinajstić information content (AvgIpc) is 2.77. The van der Waals surface area contributed by atoms with E-state index in [4.69, 9.17) is 21.1 Å². The van der Waals surface area contributed by atoms with Gasteiger partial charge in [-0.1, -0.05) is 30.7 Å². The van der Waals surface area contributed by atoms with Crippen molar-refractivity contribution in [3.63, 3.8) is 0 Å². The van der Waals surface area contributed by atoms with Crippen LogP contribution in [0, 0.1) is 5.92 Å². The van der Waals surface area contributed by atoms with Crippen molar-refractivity contribution in [1.29, 1.82) is 0 Å². The molecule has 2 aromatic rings. The van der Waals surface area contributed by atoms with Crippen molar-refractivity contribution < 1.29 is 27.5 Å². The summed E-state index contributed by atoms with van der Waals surface area (Å²) in [5.41, 5.74) is 0.345. The Morgan fingerprint density at radius 2 is 1.94 bits per heavy atom. The minimum Gasteiger partial charge on any atom is -0.497 e. The van der Waals surface area contributed by atoms with Crippen LogP contribution in [0.15, 0.2) is 47.4 Å². The molecule has 7 nitrogen and oxygen atoms in total. The van der Waals surface area contributed by atoms with Gasteiger partial charge in [0.25, 0.3) is 0 Å². The fraction of sp³-hybridized carbons (Fsp3) is 0.364. The molecule has 0 bridgehead atoms. The van der Waals surface area contributed by atoms with E-state index >= 15 is 0 Å². The SMILES string of the molecule is COc1cccc(C(=O)COC(=O)c2ccc(Cl)c(S(=O)(=O)N3CCCC(C)C3)c2)c1. The molecule has 1 atom stereocenters. The first-order valence-corrected chi connectivity index (χ1v) is 11.7. The van der Waals surface area contributed by atoms with Gasteiger partial charge in [0.15, 0.2) is 12.4 Å². The maximum absolute atomic E-state index is 13.1. The number of methoxy groups -OCH3 is 1. The number of nitrogens with zero attached hydrogens (tertiary/aromatic N) is 1. The van der Waals surface area contributed by atoms with Crippen molar-refractivity contribution >= 4 is 33.4 Å². The van der Waals surface area contributed by atoms with Crippen LogP contribution < -0.4 is 4.74 Å². The molecule has 1 unspecified atom stereocenters. The molecule has 1 aliphatic heterocycles. The lowest BCUT2D eigenvalue weighted by atomic mass is 10.0. The molecule has 1 heterocycles. The van der Waals surface area contributed by atoms with Gasteiger partial charge in [-0.05, 0) is 49.1 Å². The van der Waals surface area contributed by atoms with Crippen LogP contribution in [0.2, 0.25) is 5.02 Å². The van der Waals surface area contributed by atoms with Gasteiger partial charge in [-0.3, -0.25) is 4.79 Å².